The molecule has 1 aromatic carbocycles. The van der Waals surface area contributed by atoms with Gasteiger partial charge in [0.15, 0.2) is 0 Å². The van der Waals surface area contributed by atoms with Crippen LogP contribution in [0.15, 0.2) is 43.0 Å². The van der Waals surface area contributed by atoms with Crippen LogP contribution in [0.3, 0.4) is 0 Å². The SMILES string of the molecule is NC(CS)C(=O)NC(Cc1c[nH]c2ccccc12)C(=O)NC(Cc1cnc[nH]1)C(=O)NCC(=O)O. The molecule has 3 aromatic rings. The summed E-state index contributed by atoms with van der Waals surface area (Å²) >= 11 is 4.04. The van der Waals surface area contributed by atoms with Crippen LogP contribution in [0.25, 0.3) is 10.9 Å². The number of nitrogens with one attached hydrogen (secondary N) is 5. The van der Waals surface area contributed by atoms with Gasteiger partial charge in [-0.2, -0.15) is 12.6 Å². The molecular weight excluding hydrogens is 474 g/mol. The molecule has 0 radical (unpaired) electrons. The highest BCUT2D eigenvalue weighted by Crippen LogP contribution is 2.19. The lowest BCUT2D eigenvalue weighted by Crippen LogP contribution is -2.57. The van der Waals surface area contributed by atoms with Crippen molar-refractivity contribution in [1.29, 1.82) is 0 Å². The summed E-state index contributed by atoms with van der Waals surface area (Å²) in [5, 5.41) is 17.3. The van der Waals surface area contributed by atoms with Crippen LogP contribution in [0.4, 0.5) is 0 Å². The second kappa shape index (κ2) is 12.0. The van der Waals surface area contributed by atoms with E-state index in [1.807, 2.05) is 24.3 Å². The van der Waals surface area contributed by atoms with E-state index in [9.17, 15) is 19.2 Å². The normalized spacial score (nSPS) is 13.5. The van der Waals surface area contributed by atoms with E-state index >= 15 is 0 Å². The molecule has 0 aliphatic carbocycles. The van der Waals surface area contributed by atoms with Gasteiger partial charge in [-0.25, -0.2) is 4.98 Å². The van der Waals surface area contributed by atoms with Crippen molar-refractivity contribution < 1.29 is 24.3 Å². The molecule has 13 heteroatoms. The highest BCUT2D eigenvalue weighted by atomic mass is 32.1. The number of carbonyl (C=O) groups is 4. The summed E-state index contributed by atoms with van der Waals surface area (Å²) in [5.74, 6) is -3.05. The van der Waals surface area contributed by atoms with Crippen molar-refractivity contribution in [3.8, 4) is 0 Å². The molecule has 2 heterocycles. The highest BCUT2D eigenvalue weighted by Gasteiger charge is 2.29. The van der Waals surface area contributed by atoms with Gasteiger partial charge >= 0.3 is 5.97 Å². The summed E-state index contributed by atoms with van der Waals surface area (Å²) in [6.07, 6.45) is 4.80. The first-order chi connectivity index (χ1) is 16.8. The van der Waals surface area contributed by atoms with E-state index in [4.69, 9.17) is 10.8 Å². The molecule has 0 aliphatic rings. The van der Waals surface area contributed by atoms with E-state index in [1.165, 1.54) is 12.5 Å². The number of H-pyrrole nitrogens is 2. The number of aromatic nitrogens is 3. The third-order valence-electron chi connectivity index (χ3n) is 5.29. The van der Waals surface area contributed by atoms with Gasteiger partial charge < -0.3 is 36.8 Å². The summed E-state index contributed by atoms with van der Waals surface area (Å²) < 4.78 is 0. The zero-order valence-corrected chi connectivity index (χ0v) is 19.5. The van der Waals surface area contributed by atoms with Crippen LogP contribution in [-0.2, 0) is 32.0 Å². The number of hydrogen-bond donors (Lipinski definition) is 8. The lowest BCUT2D eigenvalue weighted by molar-refractivity contribution is -0.138. The predicted molar refractivity (Wildman–Crippen MR) is 131 cm³/mol. The van der Waals surface area contributed by atoms with Gasteiger partial charge in [-0.05, 0) is 11.6 Å². The van der Waals surface area contributed by atoms with Gasteiger partial charge in [0.1, 0.15) is 18.6 Å². The topological polar surface area (TPSA) is 195 Å². The van der Waals surface area contributed by atoms with Gasteiger partial charge in [-0.3, -0.25) is 19.2 Å². The summed E-state index contributed by atoms with van der Waals surface area (Å²) in [4.78, 5) is 59.2. The van der Waals surface area contributed by atoms with E-state index in [0.717, 1.165) is 16.5 Å². The number of benzene rings is 1. The maximum absolute atomic E-state index is 13.3. The maximum Gasteiger partial charge on any atom is 0.322 e. The first-order valence-electron chi connectivity index (χ1n) is 10.8. The summed E-state index contributed by atoms with van der Waals surface area (Å²) in [6, 6.07) is 4.38. The minimum absolute atomic E-state index is 0.0289. The molecule has 3 unspecified atom stereocenters. The first-order valence-corrected chi connectivity index (χ1v) is 11.4. The Morgan fingerprint density at radius 2 is 1.74 bits per heavy atom. The molecule has 0 saturated carbocycles. The minimum atomic E-state index is -1.23. The fourth-order valence-electron chi connectivity index (χ4n) is 3.48. The Bertz CT molecular complexity index is 1180. The number of carboxylic acids is 1. The average Bonchev–Trinajstić information content (AvgIpc) is 3.51. The van der Waals surface area contributed by atoms with Gasteiger partial charge in [-0.15, -0.1) is 0 Å². The van der Waals surface area contributed by atoms with Gasteiger partial charge in [0.05, 0.1) is 12.4 Å². The summed E-state index contributed by atoms with van der Waals surface area (Å²) in [7, 11) is 0. The second-order valence-electron chi connectivity index (χ2n) is 7.87. The minimum Gasteiger partial charge on any atom is -0.480 e. The average molecular weight is 502 g/mol. The number of aliphatic carboxylic acids is 1. The van der Waals surface area contributed by atoms with Crippen molar-refractivity contribution in [1.82, 2.24) is 30.9 Å². The van der Waals surface area contributed by atoms with Crippen molar-refractivity contribution in [2.75, 3.05) is 12.3 Å². The van der Waals surface area contributed by atoms with E-state index in [0.29, 0.717) is 5.69 Å². The van der Waals surface area contributed by atoms with Gasteiger partial charge in [-0.1, -0.05) is 18.2 Å². The number of para-hydroxylation sites is 1. The fraction of sp³-hybridized carbons (Fsp3) is 0.318. The van der Waals surface area contributed by atoms with Gasteiger partial charge in [0.25, 0.3) is 0 Å². The molecule has 0 saturated heterocycles. The smallest absolute Gasteiger partial charge is 0.322 e. The molecule has 186 valence electrons. The van der Waals surface area contributed by atoms with Crippen molar-refractivity contribution >= 4 is 47.2 Å². The number of nitrogens with two attached hydrogens (primary N) is 1. The molecule has 2 aromatic heterocycles. The Morgan fingerprint density at radius 3 is 2.43 bits per heavy atom. The molecule has 35 heavy (non-hydrogen) atoms. The number of amides is 3. The number of fused-ring (bicyclic) bond motifs is 1. The monoisotopic (exact) mass is 501 g/mol. The van der Waals surface area contributed by atoms with Crippen LogP contribution in [0, 0.1) is 0 Å². The molecule has 0 fully saturated rings. The van der Waals surface area contributed by atoms with Gasteiger partial charge in [0, 0.05) is 47.6 Å². The summed E-state index contributed by atoms with van der Waals surface area (Å²) in [5.41, 5.74) is 7.98. The molecule has 3 rings (SSSR count). The largest absolute Gasteiger partial charge is 0.480 e. The number of rotatable bonds is 12. The number of carboxylic acid groups (broad SMARTS) is 1. The number of aromatic amines is 2. The third kappa shape index (κ3) is 7.07. The third-order valence-corrected chi connectivity index (χ3v) is 5.68. The molecule has 12 nitrogen and oxygen atoms in total. The van der Waals surface area contributed by atoms with E-state index in [1.54, 1.807) is 6.20 Å². The van der Waals surface area contributed by atoms with Crippen LogP contribution in [0.5, 0.6) is 0 Å². The molecule has 8 N–H and O–H groups in total. The van der Waals surface area contributed by atoms with E-state index in [-0.39, 0.29) is 18.6 Å². The van der Waals surface area contributed by atoms with E-state index < -0.39 is 48.4 Å². The summed E-state index contributed by atoms with van der Waals surface area (Å²) in [6.45, 7) is -0.611. The number of thiol groups is 1. The van der Waals surface area contributed by atoms with Crippen molar-refractivity contribution in [2.24, 2.45) is 5.73 Å². The zero-order valence-electron chi connectivity index (χ0n) is 18.7. The van der Waals surface area contributed by atoms with Crippen molar-refractivity contribution in [3.05, 3.63) is 54.2 Å². The Morgan fingerprint density at radius 1 is 1.03 bits per heavy atom. The predicted octanol–water partition coefficient (Wildman–Crippen LogP) is -0.896. The second-order valence-corrected chi connectivity index (χ2v) is 8.23. The first kappa shape index (κ1) is 25.8. The van der Waals surface area contributed by atoms with Crippen LogP contribution in [-0.4, -0.2) is 74.2 Å². The van der Waals surface area contributed by atoms with Crippen LogP contribution >= 0.6 is 12.6 Å². The number of carbonyl (C=O) groups excluding carboxylic acids is 3. The van der Waals surface area contributed by atoms with Gasteiger partial charge in [0.2, 0.25) is 17.7 Å². The molecule has 3 amide bonds. The Labute approximate surface area is 205 Å². The van der Waals surface area contributed by atoms with Crippen molar-refractivity contribution in [2.45, 2.75) is 31.0 Å². The number of hydrogen-bond acceptors (Lipinski definition) is 7. The quantitative estimate of drug-likeness (QED) is 0.147. The standard InChI is InChI=1S/C22H27N7O5S/c23-15(10-35)20(32)28-17(5-12-7-25-16-4-2-1-3-14(12)16)22(34)29-18(6-13-8-24-11-27-13)21(33)26-9-19(30)31/h1-4,7-8,11,15,17-18,25,35H,5-6,9-10,23H2,(H,24,27)(H,26,33)(H,28,32)(H,29,34)(H,30,31). The fourth-order valence-corrected chi connectivity index (χ4v) is 3.64. The van der Waals surface area contributed by atoms with Crippen LogP contribution in [0.1, 0.15) is 11.3 Å². The van der Waals surface area contributed by atoms with Crippen LogP contribution < -0.4 is 21.7 Å². The molecule has 3 atom stereocenters. The highest BCUT2D eigenvalue weighted by molar-refractivity contribution is 7.80. The Balaban J connectivity index is 1.83. The lowest BCUT2D eigenvalue weighted by atomic mass is 10.0. The zero-order chi connectivity index (χ0) is 25.4. The lowest BCUT2D eigenvalue weighted by Gasteiger charge is -2.23. The molecular formula is C22H27N7O5S. The molecule has 0 spiro atoms. The van der Waals surface area contributed by atoms with Crippen molar-refractivity contribution in [3.63, 3.8) is 0 Å². The van der Waals surface area contributed by atoms with E-state index in [2.05, 4.69) is 43.5 Å². The number of nitrogens with zero attached hydrogens (tertiary/aromatic N) is 1. The maximum atomic E-state index is 13.3. The Kier molecular flexibility index (Phi) is 8.86. The Hall–Kier alpha value is -3.84. The van der Waals surface area contributed by atoms with Crippen LogP contribution in [0.2, 0.25) is 0 Å². The molecule has 0 aliphatic heterocycles. The number of imidazole rings is 1. The molecule has 0 bridgehead atoms.